The van der Waals surface area contributed by atoms with Crippen molar-refractivity contribution in [1.82, 2.24) is 4.98 Å². The molecule has 8 heteroatoms. The third-order valence-corrected chi connectivity index (χ3v) is 2.43. The number of aldehydes is 1. The van der Waals surface area contributed by atoms with Gasteiger partial charge >= 0.3 is 0 Å². The van der Waals surface area contributed by atoms with E-state index in [0.717, 1.165) is 6.07 Å². The molecule has 1 aromatic heterocycles. The summed E-state index contributed by atoms with van der Waals surface area (Å²) >= 11 is 0. The Labute approximate surface area is 107 Å². The Balaban J connectivity index is 2.86. The molecule has 0 aliphatic heterocycles. The molecule has 0 bridgehead atoms. The van der Waals surface area contributed by atoms with Crippen LogP contribution >= 0.6 is 0 Å². The minimum Gasteiger partial charge on any atom is -0.296 e. The Kier molecular flexibility index (Phi) is 3.47. The highest BCUT2D eigenvalue weighted by molar-refractivity contribution is 5.74. The molecular weight excluding hydrogens is 288 g/mol. The molecule has 0 fully saturated rings. The van der Waals surface area contributed by atoms with Gasteiger partial charge in [0, 0.05) is 0 Å². The van der Waals surface area contributed by atoms with Crippen LogP contribution in [0.2, 0.25) is 0 Å². The number of hydrogen-bond acceptors (Lipinski definition) is 2. The fourth-order valence-corrected chi connectivity index (χ4v) is 1.51. The van der Waals surface area contributed by atoms with Crippen LogP contribution in [-0.2, 0) is 0 Å². The molecule has 2 rings (SSSR count). The number of pyridine rings is 1. The van der Waals surface area contributed by atoms with Crippen LogP contribution in [0, 0.1) is 34.9 Å². The summed E-state index contributed by atoms with van der Waals surface area (Å²) < 4.78 is 79.3. The van der Waals surface area contributed by atoms with Gasteiger partial charge < -0.3 is 0 Å². The second kappa shape index (κ2) is 4.95. The third kappa shape index (κ3) is 2.02. The van der Waals surface area contributed by atoms with Crippen molar-refractivity contribution in [3.63, 3.8) is 0 Å². The molecule has 0 atom stereocenters. The lowest BCUT2D eigenvalue weighted by molar-refractivity contribution is 0.111. The fourth-order valence-electron chi connectivity index (χ4n) is 1.51. The zero-order valence-electron chi connectivity index (χ0n) is 9.36. The minimum atomic E-state index is -2.37. The van der Waals surface area contributed by atoms with E-state index in [1.807, 2.05) is 0 Å². The summed E-state index contributed by atoms with van der Waals surface area (Å²) in [5.74, 6) is -12.6. The molecule has 0 aliphatic rings. The standard InChI is InChI=1S/C12H3F6NO/c13-5-2-1-4(3-20)19-12(5)6-7(14)9(16)11(18)10(17)8(6)15/h1-3H. The van der Waals surface area contributed by atoms with Gasteiger partial charge in [0.05, 0.1) is 5.56 Å². The zero-order chi connectivity index (χ0) is 15.0. The first-order valence-corrected chi connectivity index (χ1v) is 5.02. The summed E-state index contributed by atoms with van der Waals surface area (Å²) in [4.78, 5) is 13.7. The van der Waals surface area contributed by atoms with E-state index >= 15 is 0 Å². The van der Waals surface area contributed by atoms with Gasteiger partial charge in [-0.3, -0.25) is 4.79 Å². The van der Waals surface area contributed by atoms with Gasteiger partial charge in [0.1, 0.15) is 17.2 Å². The average molecular weight is 291 g/mol. The number of rotatable bonds is 2. The van der Waals surface area contributed by atoms with Crippen LogP contribution in [0.1, 0.15) is 10.5 Å². The smallest absolute Gasteiger partial charge is 0.200 e. The third-order valence-electron chi connectivity index (χ3n) is 2.43. The SMILES string of the molecule is O=Cc1ccc(F)c(-c2c(F)c(F)c(F)c(F)c2F)n1. The van der Waals surface area contributed by atoms with E-state index in [1.165, 1.54) is 0 Å². The van der Waals surface area contributed by atoms with Crippen LogP contribution < -0.4 is 0 Å². The van der Waals surface area contributed by atoms with E-state index in [0.29, 0.717) is 6.07 Å². The topological polar surface area (TPSA) is 30.0 Å². The molecule has 0 radical (unpaired) electrons. The molecule has 0 aliphatic carbocycles. The largest absolute Gasteiger partial charge is 0.296 e. The number of aromatic nitrogens is 1. The zero-order valence-corrected chi connectivity index (χ0v) is 9.36. The van der Waals surface area contributed by atoms with Gasteiger partial charge in [0.15, 0.2) is 29.6 Å². The van der Waals surface area contributed by atoms with E-state index < -0.39 is 51.9 Å². The monoisotopic (exact) mass is 291 g/mol. The molecule has 2 aromatic rings. The van der Waals surface area contributed by atoms with Crippen molar-refractivity contribution < 1.29 is 31.1 Å². The van der Waals surface area contributed by atoms with Crippen LogP contribution in [0.4, 0.5) is 26.3 Å². The predicted molar refractivity (Wildman–Crippen MR) is 54.8 cm³/mol. The quantitative estimate of drug-likeness (QED) is 0.367. The number of halogens is 6. The normalized spacial score (nSPS) is 10.7. The molecule has 1 aromatic carbocycles. The maximum Gasteiger partial charge on any atom is 0.200 e. The van der Waals surface area contributed by atoms with Crippen LogP contribution in [0.25, 0.3) is 11.3 Å². The maximum atomic E-state index is 13.5. The first kappa shape index (κ1) is 14.0. The molecule has 0 amide bonds. The van der Waals surface area contributed by atoms with Crippen LogP contribution in [0.5, 0.6) is 0 Å². The van der Waals surface area contributed by atoms with Crippen LogP contribution in [0.15, 0.2) is 12.1 Å². The summed E-state index contributed by atoms with van der Waals surface area (Å²) in [5.41, 5.74) is -3.09. The van der Waals surface area contributed by atoms with Gasteiger partial charge in [0.25, 0.3) is 0 Å². The highest BCUT2D eigenvalue weighted by Gasteiger charge is 2.29. The lowest BCUT2D eigenvalue weighted by Gasteiger charge is -2.08. The number of hydrogen-bond donors (Lipinski definition) is 0. The summed E-state index contributed by atoms with van der Waals surface area (Å²) in [5, 5.41) is 0. The summed E-state index contributed by atoms with van der Waals surface area (Å²) in [6.07, 6.45) is 0.134. The lowest BCUT2D eigenvalue weighted by Crippen LogP contribution is -2.06. The van der Waals surface area contributed by atoms with Crippen molar-refractivity contribution in [2.75, 3.05) is 0 Å². The van der Waals surface area contributed by atoms with Gasteiger partial charge in [-0.2, -0.15) is 0 Å². The Hall–Kier alpha value is -2.38. The van der Waals surface area contributed by atoms with Gasteiger partial charge in [-0.25, -0.2) is 31.3 Å². The molecule has 104 valence electrons. The summed E-state index contributed by atoms with van der Waals surface area (Å²) in [7, 11) is 0. The van der Waals surface area contributed by atoms with Gasteiger partial charge in [-0.1, -0.05) is 0 Å². The molecule has 20 heavy (non-hydrogen) atoms. The van der Waals surface area contributed by atoms with Crippen molar-refractivity contribution >= 4 is 6.29 Å². The van der Waals surface area contributed by atoms with E-state index in [9.17, 15) is 31.1 Å². The number of benzene rings is 1. The Morgan fingerprint density at radius 2 is 1.30 bits per heavy atom. The molecule has 0 spiro atoms. The number of carbonyl (C=O) groups is 1. The van der Waals surface area contributed by atoms with Crippen molar-refractivity contribution in [3.8, 4) is 11.3 Å². The van der Waals surface area contributed by atoms with Gasteiger partial charge in [-0.05, 0) is 12.1 Å². The predicted octanol–water partition coefficient (Wildman–Crippen LogP) is 3.40. The average Bonchev–Trinajstić information content (AvgIpc) is 2.45. The Morgan fingerprint density at radius 3 is 1.80 bits per heavy atom. The second-order valence-corrected chi connectivity index (χ2v) is 3.63. The molecule has 0 saturated carbocycles. The minimum absolute atomic E-state index is 0.134. The molecule has 0 unspecified atom stereocenters. The Bertz CT molecular complexity index is 687. The Morgan fingerprint density at radius 1 is 0.800 bits per heavy atom. The lowest BCUT2D eigenvalue weighted by atomic mass is 10.1. The number of carbonyl (C=O) groups excluding carboxylic acids is 1. The summed E-state index contributed by atoms with van der Waals surface area (Å²) in [6, 6.07) is 1.52. The van der Waals surface area contributed by atoms with E-state index in [1.54, 1.807) is 0 Å². The van der Waals surface area contributed by atoms with Crippen molar-refractivity contribution in [2.45, 2.75) is 0 Å². The highest BCUT2D eigenvalue weighted by atomic mass is 19.2. The first-order valence-electron chi connectivity index (χ1n) is 5.02. The van der Waals surface area contributed by atoms with Crippen molar-refractivity contribution in [1.29, 1.82) is 0 Å². The summed E-state index contributed by atoms with van der Waals surface area (Å²) in [6.45, 7) is 0. The van der Waals surface area contributed by atoms with Crippen LogP contribution in [-0.4, -0.2) is 11.3 Å². The maximum absolute atomic E-state index is 13.5. The molecular formula is C12H3F6NO. The van der Waals surface area contributed by atoms with Gasteiger partial charge in [0.2, 0.25) is 5.82 Å². The highest BCUT2D eigenvalue weighted by Crippen LogP contribution is 2.31. The number of nitrogens with zero attached hydrogens (tertiary/aromatic N) is 1. The first-order chi connectivity index (χ1) is 9.38. The van der Waals surface area contributed by atoms with E-state index in [4.69, 9.17) is 0 Å². The molecule has 1 heterocycles. The molecule has 0 saturated heterocycles. The van der Waals surface area contributed by atoms with Crippen molar-refractivity contribution in [3.05, 3.63) is 52.7 Å². The molecule has 2 nitrogen and oxygen atoms in total. The van der Waals surface area contributed by atoms with Crippen LogP contribution in [0.3, 0.4) is 0 Å². The fraction of sp³-hybridized carbons (Fsp3) is 0. The van der Waals surface area contributed by atoms with E-state index in [2.05, 4.69) is 4.98 Å². The van der Waals surface area contributed by atoms with Gasteiger partial charge in [-0.15, -0.1) is 0 Å². The van der Waals surface area contributed by atoms with Crippen molar-refractivity contribution in [2.24, 2.45) is 0 Å². The van der Waals surface area contributed by atoms with E-state index in [-0.39, 0.29) is 6.29 Å². The second-order valence-electron chi connectivity index (χ2n) is 3.63. The molecule has 0 N–H and O–H groups in total.